The molecule has 6 heterocycles. The number of hydrogen-bond donors (Lipinski definition) is 11. The van der Waals surface area contributed by atoms with Gasteiger partial charge in [-0.15, -0.1) is 0 Å². The molecule has 0 radical (unpaired) electrons. The van der Waals surface area contributed by atoms with E-state index in [1.165, 1.54) is 19.0 Å². The molecule has 66 heavy (non-hydrogen) atoms. The van der Waals surface area contributed by atoms with Crippen molar-refractivity contribution in [2.24, 2.45) is 0 Å². The van der Waals surface area contributed by atoms with Gasteiger partial charge in [-0.05, 0) is 37.5 Å². The normalized spacial score (nSPS) is 13.4. The largest absolute Gasteiger partial charge is 0.382 e. The Morgan fingerprint density at radius 1 is 0.621 bits per heavy atom. The Morgan fingerprint density at radius 2 is 0.970 bits per heavy atom. The third-order valence-corrected chi connectivity index (χ3v) is 10.5. The number of hydrogen-bond acceptors (Lipinski definition) is 19. The fraction of sp³-hybridized carbons (Fsp3) is 0.364. The molecule has 0 unspecified atom stereocenters. The average Bonchev–Trinajstić information content (AvgIpc) is 3.92. The SMILES string of the molecule is C=C(Cn1cnc2c(=O)[nH]c(N)nc21)[C@@H](C)OCP(=O)(O)O.C=C(Cn1cnc2c(Cl)nc(N)nc21)[C@@H](C)OCP(=O)(O)O.C=C(Cn1cnc2c(N)nc(N)nc21)[C@@H](C)OCP(=O)(O)O. The van der Waals surface area contributed by atoms with Crippen LogP contribution in [0.2, 0.25) is 5.15 Å². The Kier molecular flexibility index (Phi) is 17.6. The van der Waals surface area contributed by atoms with Crippen molar-refractivity contribution in [1.29, 1.82) is 0 Å². The van der Waals surface area contributed by atoms with Crippen molar-refractivity contribution < 1.29 is 57.3 Å². The summed E-state index contributed by atoms with van der Waals surface area (Å²) >= 11 is 5.93. The van der Waals surface area contributed by atoms with Crippen molar-refractivity contribution in [2.45, 2.75) is 58.7 Å². The minimum Gasteiger partial charge on any atom is -0.382 e. The van der Waals surface area contributed by atoms with Crippen molar-refractivity contribution in [1.82, 2.24) is 58.6 Å². The van der Waals surface area contributed by atoms with E-state index in [2.05, 4.69) is 64.6 Å². The minimum atomic E-state index is -4.24. The molecule has 15 N–H and O–H groups in total. The number of imidazole rings is 3. The summed E-state index contributed by atoms with van der Waals surface area (Å²) in [7, 11) is -12.7. The van der Waals surface area contributed by atoms with Crippen molar-refractivity contribution in [2.75, 3.05) is 42.0 Å². The lowest BCUT2D eigenvalue weighted by Gasteiger charge is -2.17. The second kappa shape index (κ2) is 21.9. The second-order valence-corrected chi connectivity index (χ2v) is 19.3. The lowest BCUT2D eigenvalue weighted by molar-refractivity contribution is 0.110. The topological polar surface area (TPSA) is 455 Å². The highest BCUT2D eigenvalue weighted by molar-refractivity contribution is 7.52. The van der Waals surface area contributed by atoms with E-state index in [4.69, 9.17) is 78.1 Å². The van der Waals surface area contributed by atoms with Crippen LogP contribution in [0.25, 0.3) is 33.5 Å². The number of halogens is 1. The average molecular weight is 1010 g/mol. The zero-order chi connectivity index (χ0) is 49.5. The first kappa shape index (κ1) is 53.1. The highest BCUT2D eigenvalue weighted by Gasteiger charge is 2.21. The molecule has 0 fully saturated rings. The van der Waals surface area contributed by atoms with Crippen LogP contribution in [-0.4, -0.2) is 125 Å². The maximum atomic E-state index is 11.7. The first-order chi connectivity index (χ1) is 30.5. The molecule has 0 bridgehead atoms. The quantitative estimate of drug-likeness (QED) is 0.0325. The number of fused-ring (bicyclic) bond motifs is 3. The first-order valence-corrected chi connectivity index (χ1v) is 24.4. The Hall–Kier alpha value is -5.51. The number of H-pyrrole nitrogens is 1. The fourth-order valence-corrected chi connectivity index (χ4v) is 6.72. The number of rotatable bonds is 18. The standard InChI is InChI=1S/C11H15ClN5O4P.C11H17N6O4P.C11H16N5O5P/c2*1-6(7(2)21-5-22(18,19)20)3-17-4-14-8-9(12)15-11(13)16-10(8)17;1-6(7(2)21-5-22(18,19)20)3-16-4-13-8-9(16)14-11(12)15-10(8)17/h4,7H,1,3,5H2,2H3,(H2,13,15,16)(H2,18,19,20);4,7H,1,3,5H2,2H3,(H2,18,19,20)(H4,12,13,15,16);4,7H,1,3,5H2,2H3,(H2,18,19,20)(H3,12,14,15,17)/t3*7-/m111/s1. The number of aromatic amines is 1. The summed E-state index contributed by atoms with van der Waals surface area (Å²) in [5.74, 6) is 0.201. The number of ether oxygens (including phenoxy) is 3. The molecular weight excluding hydrogens is 957 g/mol. The van der Waals surface area contributed by atoms with Gasteiger partial charge in [0.25, 0.3) is 5.56 Å². The Balaban J connectivity index is 0.000000216. The van der Waals surface area contributed by atoms with E-state index in [-0.39, 0.29) is 54.0 Å². The number of nitrogens with zero attached hydrogens (tertiary/aromatic N) is 11. The van der Waals surface area contributed by atoms with Crippen LogP contribution in [0.3, 0.4) is 0 Å². The van der Waals surface area contributed by atoms with Gasteiger partial charge < -0.3 is 80.2 Å². The van der Waals surface area contributed by atoms with Gasteiger partial charge in [-0.3, -0.25) is 23.5 Å². The molecule has 6 aromatic heterocycles. The first-order valence-electron chi connectivity index (χ1n) is 18.6. The van der Waals surface area contributed by atoms with Crippen LogP contribution < -0.4 is 28.5 Å². The Labute approximate surface area is 378 Å². The summed E-state index contributed by atoms with van der Waals surface area (Å²) in [5, 5.41) is 0.151. The molecule has 0 aliphatic carbocycles. The molecule has 6 aromatic rings. The van der Waals surface area contributed by atoms with Gasteiger partial charge in [0.15, 0.2) is 33.4 Å². The molecule has 6 rings (SSSR count). The smallest absolute Gasteiger partial charge is 0.351 e. The van der Waals surface area contributed by atoms with Crippen LogP contribution >= 0.6 is 34.4 Å². The molecule has 360 valence electrons. The lowest BCUT2D eigenvalue weighted by atomic mass is 10.2. The maximum absolute atomic E-state index is 11.7. The van der Waals surface area contributed by atoms with Crippen molar-refractivity contribution >= 4 is 91.5 Å². The Morgan fingerprint density at radius 3 is 1.38 bits per heavy atom. The summed E-state index contributed by atoms with van der Waals surface area (Å²) in [6, 6.07) is 0. The van der Waals surface area contributed by atoms with Crippen LogP contribution in [0.1, 0.15) is 20.8 Å². The molecule has 0 saturated heterocycles. The van der Waals surface area contributed by atoms with Crippen molar-refractivity contribution in [3.05, 3.63) is 70.9 Å². The van der Waals surface area contributed by atoms with E-state index in [9.17, 15) is 18.5 Å². The molecule has 29 nitrogen and oxygen atoms in total. The summed E-state index contributed by atoms with van der Waals surface area (Å²) in [6.07, 6.45) is 0.696. The fourth-order valence-electron chi connectivity index (χ4n) is 5.25. The van der Waals surface area contributed by atoms with E-state index < -0.39 is 65.7 Å². The predicted molar refractivity (Wildman–Crippen MR) is 241 cm³/mol. The van der Waals surface area contributed by atoms with Gasteiger partial charge in [0, 0.05) is 19.6 Å². The van der Waals surface area contributed by atoms with Gasteiger partial charge in [0.2, 0.25) is 17.8 Å². The van der Waals surface area contributed by atoms with Gasteiger partial charge in [0.1, 0.15) is 30.1 Å². The molecule has 3 atom stereocenters. The number of nitrogens with two attached hydrogens (primary N) is 4. The van der Waals surface area contributed by atoms with Gasteiger partial charge in [-0.2, -0.15) is 24.9 Å². The van der Waals surface area contributed by atoms with Crippen molar-refractivity contribution in [3.63, 3.8) is 0 Å². The number of nitrogen functional groups attached to an aromatic ring is 4. The summed E-state index contributed by atoms with van der Waals surface area (Å²) in [4.78, 5) is 98.7. The molecule has 0 aromatic carbocycles. The highest BCUT2D eigenvalue weighted by Crippen LogP contribution is 2.36. The molecule has 0 aliphatic heterocycles. The monoisotopic (exact) mass is 1000 g/mol. The van der Waals surface area contributed by atoms with E-state index in [1.807, 2.05) is 0 Å². The van der Waals surface area contributed by atoms with Crippen LogP contribution in [0.15, 0.2) is 60.2 Å². The van der Waals surface area contributed by atoms with Crippen LogP contribution in [0.4, 0.5) is 23.7 Å². The number of nitrogens with one attached hydrogen (secondary N) is 1. The number of anilines is 4. The molecule has 0 saturated carbocycles. The predicted octanol–water partition coefficient (Wildman–Crippen LogP) is 1.04. The zero-order valence-electron chi connectivity index (χ0n) is 35.3. The van der Waals surface area contributed by atoms with Crippen molar-refractivity contribution in [3.8, 4) is 0 Å². The summed E-state index contributed by atoms with van der Waals surface area (Å²) in [5.41, 5.74) is 25.8. The lowest BCUT2D eigenvalue weighted by Crippen LogP contribution is -2.17. The third kappa shape index (κ3) is 15.6. The van der Waals surface area contributed by atoms with Gasteiger partial charge >= 0.3 is 22.8 Å². The third-order valence-electron chi connectivity index (χ3n) is 8.76. The van der Waals surface area contributed by atoms with Gasteiger partial charge in [0.05, 0.1) is 37.3 Å². The Bertz CT molecular complexity index is 2810. The number of aromatic nitrogens is 12. The van der Waals surface area contributed by atoms with Crippen LogP contribution in [0.5, 0.6) is 0 Å². The molecule has 0 aliphatic rings. The van der Waals surface area contributed by atoms with Crippen LogP contribution in [-0.2, 0) is 47.5 Å². The zero-order valence-corrected chi connectivity index (χ0v) is 38.8. The molecule has 33 heteroatoms. The summed E-state index contributed by atoms with van der Waals surface area (Å²) in [6.45, 7) is 17.2. The minimum absolute atomic E-state index is 0.0238. The van der Waals surface area contributed by atoms with Gasteiger partial charge in [-0.25, -0.2) is 15.0 Å². The van der Waals surface area contributed by atoms with E-state index in [0.717, 1.165) is 0 Å². The molecule has 0 amide bonds. The van der Waals surface area contributed by atoms with E-state index in [1.54, 1.807) is 34.5 Å². The van der Waals surface area contributed by atoms with E-state index >= 15 is 0 Å². The molecular formula is C33H48ClN16O13P3. The van der Waals surface area contributed by atoms with Crippen LogP contribution in [0, 0.1) is 0 Å². The maximum Gasteiger partial charge on any atom is 0.351 e. The molecule has 0 spiro atoms. The second-order valence-electron chi connectivity index (χ2n) is 14.2. The van der Waals surface area contributed by atoms with E-state index in [0.29, 0.717) is 44.7 Å². The van der Waals surface area contributed by atoms with Gasteiger partial charge in [-0.1, -0.05) is 31.3 Å². The summed E-state index contributed by atoms with van der Waals surface area (Å²) < 4.78 is 52.5. The highest BCUT2D eigenvalue weighted by atomic mass is 35.5.